The van der Waals surface area contributed by atoms with Crippen molar-refractivity contribution in [3.8, 4) is 0 Å². The van der Waals surface area contributed by atoms with Gasteiger partial charge in [-0.3, -0.25) is 9.69 Å². The highest BCUT2D eigenvalue weighted by atomic mass is 16.4. The molecule has 2 aliphatic heterocycles. The first-order valence-corrected chi connectivity index (χ1v) is 6.75. The first-order valence-electron chi connectivity index (χ1n) is 6.75. The number of carbonyl (C=O) groups excluding carboxylic acids is 1. The second-order valence-electron chi connectivity index (χ2n) is 5.18. The molecule has 2 aliphatic rings. The zero-order valence-corrected chi connectivity index (χ0v) is 11.1. The van der Waals surface area contributed by atoms with Crippen molar-refractivity contribution >= 4 is 17.7 Å². The van der Waals surface area contributed by atoms with Gasteiger partial charge < -0.3 is 15.3 Å². The third-order valence-electron chi connectivity index (χ3n) is 3.82. The van der Waals surface area contributed by atoms with Crippen LogP contribution in [0.25, 0.3) is 0 Å². The summed E-state index contributed by atoms with van der Waals surface area (Å²) in [6, 6.07) is 7.46. The van der Waals surface area contributed by atoms with Crippen LogP contribution in [0.1, 0.15) is 5.56 Å². The molecular formula is C14H17N3O3. The summed E-state index contributed by atoms with van der Waals surface area (Å²) in [6.07, 6.45) is 0.00684. The van der Waals surface area contributed by atoms with E-state index in [-0.39, 0.29) is 18.5 Å². The van der Waals surface area contributed by atoms with E-state index in [4.69, 9.17) is 5.11 Å². The number of hydrogen-bond acceptors (Lipinski definition) is 3. The molecule has 2 fully saturated rings. The Morgan fingerprint density at radius 2 is 2.10 bits per heavy atom. The molecule has 1 aromatic rings. The fourth-order valence-corrected chi connectivity index (χ4v) is 2.80. The number of nitrogens with zero attached hydrogens (tertiary/aromatic N) is 2. The average molecular weight is 275 g/mol. The first-order chi connectivity index (χ1) is 9.65. The van der Waals surface area contributed by atoms with Crippen molar-refractivity contribution in [2.75, 3.05) is 31.1 Å². The number of benzene rings is 1. The van der Waals surface area contributed by atoms with Crippen LogP contribution in [0.2, 0.25) is 0 Å². The Bertz CT molecular complexity index is 529. The third-order valence-corrected chi connectivity index (χ3v) is 3.82. The van der Waals surface area contributed by atoms with Crippen LogP contribution in [-0.2, 0) is 11.2 Å². The number of carbonyl (C=O) groups is 2. The highest BCUT2D eigenvalue weighted by molar-refractivity contribution is 5.94. The predicted molar refractivity (Wildman–Crippen MR) is 73.9 cm³/mol. The highest BCUT2D eigenvalue weighted by Crippen LogP contribution is 2.25. The third kappa shape index (κ3) is 2.34. The van der Waals surface area contributed by atoms with Gasteiger partial charge in [-0.1, -0.05) is 12.1 Å². The van der Waals surface area contributed by atoms with Crippen molar-refractivity contribution in [2.45, 2.75) is 12.5 Å². The topological polar surface area (TPSA) is 72.9 Å². The monoisotopic (exact) mass is 275 g/mol. The zero-order valence-electron chi connectivity index (χ0n) is 11.1. The average Bonchev–Trinajstić information content (AvgIpc) is 2.77. The molecule has 2 amide bonds. The van der Waals surface area contributed by atoms with Crippen LogP contribution >= 0.6 is 0 Å². The van der Waals surface area contributed by atoms with Gasteiger partial charge in [-0.15, -0.1) is 0 Å². The van der Waals surface area contributed by atoms with E-state index in [0.29, 0.717) is 6.54 Å². The van der Waals surface area contributed by atoms with Crippen LogP contribution in [0.15, 0.2) is 24.3 Å². The van der Waals surface area contributed by atoms with Crippen LogP contribution < -0.4 is 10.2 Å². The van der Waals surface area contributed by atoms with Gasteiger partial charge >= 0.3 is 12.0 Å². The summed E-state index contributed by atoms with van der Waals surface area (Å²) in [6.45, 7) is 3.11. The van der Waals surface area contributed by atoms with Crippen molar-refractivity contribution in [2.24, 2.45) is 0 Å². The Morgan fingerprint density at radius 1 is 1.35 bits per heavy atom. The number of hydrogen-bond donors (Lipinski definition) is 2. The maximum Gasteiger partial charge on any atom is 0.324 e. The van der Waals surface area contributed by atoms with Crippen LogP contribution in [0.5, 0.6) is 0 Å². The summed E-state index contributed by atoms with van der Waals surface area (Å²) >= 11 is 0. The number of rotatable bonds is 3. The number of fused-ring (bicyclic) bond motifs is 1. The minimum absolute atomic E-state index is 0.00684. The molecule has 20 heavy (non-hydrogen) atoms. The van der Waals surface area contributed by atoms with Crippen molar-refractivity contribution < 1.29 is 14.7 Å². The van der Waals surface area contributed by atoms with E-state index >= 15 is 0 Å². The van der Waals surface area contributed by atoms with E-state index in [2.05, 4.69) is 5.32 Å². The predicted octanol–water partition coefficient (Wildman–Crippen LogP) is 0.527. The second-order valence-corrected chi connectivity index (χ2v) is 5.18. The first kappa shape index (κ1) is 12.9. The number of aliphatic carboxylic acids is 1. The van der Waals surface area contributed by atoms with Gasteiger partial charge in [0.15, 0.2) is 0 Å². The van der Waals surface area contributed by atoms with E-state index in [1.807, 2.05) is 17.0 Å². The Hall–Kier alpha value is -2.08. The molecular weight excluding hydrogens is 258 g/mol. The van der Waals surface area contributed by atoms with Crippen molar-refractivity contribution in [1.82, 2.24) is 10.2 Å². The molecule has 106 valence electrons. The summed E-state index contributed by atoms with van der Waals surface area (Å²) in [4.78, 5) is 26.7. The van der Waals surface area contributed by atoms with Gasteiger partial charge in [0.1, 0.15) is 0 Å². The SMILES string of the molecule is O=C(O)Cc1ccc(N2CC3CNCCN3C2=O)cc1. The minimum atomic E-state index is -0.849. The fraction of sp³-hybridized carbons (Fsp3) is 0.429. The number of carboxylic acid groups (broad SMARTS) is 1. The lowest BCUT2D eigenvalue weighted by molar-refractivity contribution is -0.136. The van der Waals surface area contributed by atoms with Gasteiger partial charge in [0.05, 0.1) is 12.5 Å². The van der Waals surface area contributed by atoms with Gasteiger partial charge in [-0.25, -0.2) is 4.79 Å². The van der Waals surface area contributed by atoms with Crippen LogP contribution in [0.3, 0.4) is 0 Å². The van der Waals surface area contributed by atoms with Gasteiger partial charge in [-0.2, -0.15) is 0 Å². The standard InChI is InChI=1S/C14H17N3O3/c18-13(19)7-10-1-3-11(4-2-10)17-9-12-8-15-5-6-16(12)14(17)20/h1-4,12,15H,5-9H2,(H,18,19). The highest BCUT2D eigenvalue weighted by Gasteiger charge is 2.38. The molecule has 2 heterocycles. The second kappa shape index (κ2) is 5.13. The van der Waals surface area contributed by atoms with Gasteiger partial charge in [0.2, 0.25) is 0 Å². The maximum absolute atomic E-state index is 12.3. The van der Waals surface area contributed by atoms with E-state index in [9.17, 15) is 9.59 Å². The maximum atomic E-state index is 12.3. The Morgan fingerprint density at radius 3 is 2.75 bits per heavy atom. The molecule has 0 aromatic heterocycles. The van der Waals surface area contributed by atoms with Crippen molar-refractivity contribution in [1.29, 1.82) is 0 Å². The van der Waals surface area contributed by atoms with E-state index in [1.54, 1.807) is 17.0 Å². The molecule has 2 N–H and O–H groups in total. The molecule has 6 nitrogen and oxygen atoms in total. The minimum Gasteiger partial charge on any atom is -0.481 e. The number of anilines is 1. The molecule has 0 saturated carbocycles. The summed E-state index contributed by atoms with van der Waals surface area (Å²) in [5.41, 5.74) is 1.57. The summed E-state index contributed by atoms with van der Waals surface area (Å²) in [7, 11) is 0. The number of piperazine rings is 1. The largest absolute Gasteiger partial charge is 0.481 e. The number of carboxylic acids is 1. The smallest absolute Gasteiger partial charge is 0.324 e. The molecule has 0 radical (unpaired) electrons. The summed E-state index contributed by atoms with van der Waals surface area (Å²) in [5, 5.41) is 12.0. The summed E-state index contributed by atoms with van der Waals surface area (Å²) < 4.78 is 0. The van der Waals surface area contributed by atoms with Crippen molar-refractivity contribution in [3.05, 3.63) is 29.8 Å². The molecule has 0 spiro atoms. The molecule has 0 aliphatic carbocycles. The lowest BCUT2D eigenvalue weighted by atomic mass is 10.1. The normalized spacial score (nSPS) is 22.0. The number of amides is 2. The summed E-state index contributed by atoms with van der Waals surface area (Å²) in [5.74, 6) is -0.849. The fourth-order valence-electron chi connectivity index (χ4n) is 2.80. The molecule has 2 saturated heterocycles. The van der Waals surface area contributed by atoms with Crippen molar-refractivity contribution in [3.63, 3.8) is 0 Å². The van der Waals surface area contributed by atoms with Crippen LogP contribution in [-0.4, -0.2) is 54.2 Å². The molecule has 3 rings (SSSR count). The molecule has 1 atom stereocenters. The Labute approximate surface area is 117 Å². The lowest BCUT2D eigenvalue weighted by Gasteiger charge is -2.28. The van der Waals surface area contributed by atoms with Gasteiger partial charge in [0, 0.05) is 31.9 Å². The molecule has 6 heteroatoms. The van der Waals surface area contributed by atoms with E-state index in [1.165, 1.54) is 0 Å². The molecule has 1 aromatic carbocycles. The number of nitrogens with one attached hydrogen (secondary N) is 1. The lowest BCUT2D eigenvalue weighted by Crippen LogP contribution is -2.49. The number of urea groups is 1. The van der Waals surface area contributed by atoms with Gasteiger partial charge in [0.25, 0.3) is 0 Å². The van der Waals surface area contributed by atoms with E-state index < -0.39 is 5.97 Å². The Kier molecular flexibility index (Phi) is 3.31. The van der Waals surface area contributed by atoms with Crippen LogP contribution in [0.4, 0.5) is 10.5 Å². The molecule has 1 unspecified atom stereocenters. The zero-order chi connectivity index (χ0) is 14.1. The van der Waals surface area contributed by atoms with E-state index in [0.717, 1.165) is 30.9 Å². The quantitative estimate of drug-likeness (QED) is 0.844. The van der Waals surface area contributed by atoms with Crippen LogP contribution in [0, 0.1) is 0 Å². The van der Waals surface area contributed by atoms with Gasteiger partial charge in [-0.05, 0) is 17.7 Å². The Balaban J connectivity index is 1.76. The molecule has 0 bridgehead atoms.